The Bertz CT molecular complexity index is 1140. The third-order valence-electron chi connectivity index (χ3n) is 5.63. The molecule has 0 aliphatic carbocycles. The van der Waals surface area contributed by atoms with Crippen molar-refractivity contribution >= 4 is 16.7 Å². The van der Waals surface area contributed by atoms with E-state index in [1.54, 1.807) is 6.20 Å². The van der Waals surface area contributed by atoms with E-state index >= 15 is 0 Å². The highest BCUT2D eigenvalue weighted by Gasteiger charge is 2.22. The van der Waals surface area contributed by atoms with Gasteiger partial charge < -0.3 is 9.88 Å². The van der Waals surface area contributed by atoms with Crippen LogP contribution in [0.2, 0.25) is 0 Å². The van der Waals surface area contributed by atoms with E-state index in [1.165, 1.54) is 5.39 Å². The molecule has 0 unspecified atom stereocenters. The molecule has 6 heteroatoms. The van der Waals surface area contributed by atoms with Gasteiger partial charge in [0.05, 0.1) is 0 Å². The van der Waals surface area contributed by atoms with Gasteiger partial charge in [-0.05, 0) is 22.9 Å². The molecule has 0 radical (unpaired) electrons. The summed E-state index contributed by atoms with van der Waals surface area (Å²) < 4.78 is 0. The zero-order valence-corrected chi connectivity index (χ0v) is 16.7. The molecule has 5 rings (SSSR count). The number of hydrogen-bond acceptors (Lipinski definition) is 4. The molecule has 1 saturated heterocycles. The van der Waals surface area contributed by atoms with Gasteiger partial charge in [0.15, 0.2) is 5.82 Å². The van der Waals surface area contributed by atoms with Crippen molar-refractivity contribution in [3.8, 4) is 11.4 Å². The van der Waals surface area contributed by atoms with Crippen LogP contribution in [0.1, 0.15) is 16.1 Å². The first-order chi connectivity index (χ1) is 14.8. The van der Waals surface area contributed by atoms with Crippen LogP contribution in [0.3, 0.4) is 0 Å². The van der Waals surface area contributed by atoms with Crippen LogP contribution in [0.25, 0.3) is 22.2 Å². The molecule has 0 bridgehead atoms. The number of carbonyl (C=O) groups is 1. The van der Waals surface area contributed by atoms with Gasteiger partial charge in [-0.25, -0.2) is 9.97 Å². The molecule has 1 amide bonds. The molecule has 4 aromatic rings. The Balaban J connectivity index is 1.23. The van der Waals surface area contributed by atoms with Crippen LogP contribution in [0.5, 0.6) is 0 Å². The van der Waals surface area contributed by atoms with E-state index in [9.17, 15) is 4.79 Å². The monoisotopic (exact) mass is 397 g/mol. The molecular weight excluding hydrogens is 374 g/mol. The van der Waals surface area contributed by atoms with Gasteiger partial charge in [0, 0.05) is 62.4 Å². The average Bonchev–Trinajstić information content (AvgIpc) is 3.34. The van der Waals surface area contributed by atoms with Gasteiger partial charge in [-0.1, -0.05) is 42.5 Å². The Morgan fingerprint density at radius 2 is 1.67 bits per heavy atom. The molecule has 1 aliphatic heterocycles. The third-order valence-corrected chi connectivity index (χ3v) is 5.63. The van der Waals surface area contributed by atoms with E-state index < -0.39 is 0 Å². The van der Waals surface area contributed by atoms with Crippen molar-refractivity contribution in [3.05, 3.63) is 84.4 Å². The molecule has 3 heterocycles. The number of H-pyrrole nitrogens is 1. The molecule has 2 aromatic heterocycles. The summed E-state index contributed by atoms with van der Waals surface area (Å²) in [4.78, 5) is 29.0. The van der Waals surface area contributed by atoms with Crippen LogP contribution in [0.4, 0.5) is 0 Å². The molecule has 0 spiro atoms. The van der Waals surface area contributed by atoms with Gasteiger partial charge in [-0.3, -0.25) is 9.69 Å². The number of aromatic amines is 1. The molecule has 150 valence electrons. The molecule has 2 aromatic carbocycles. The topological polar surface area (TPSA) is 65.1 Å². The number of nitrogens with one attached hydrogen (secondary N) is 1. The van der Waals surface area contributed by atoms with Gasteiger partial charge in [-0.2, -0.15) is 0 Å². The van der Waals surface area contributed by atoms with Gasteiger partial charge in [0.1, 0.15) is 5.69 Å². The fourth-order valence-electron chi connectivity index (χ4n) is 4.00. The molecule has 0 atom stereocenters. The number of aromatic nitrogens is 3. The second-order valence-electron chi connectivity index (χ2n) is 7.59. The zero-order valence-electron chi connectivity index (χ0n) is 16.7. The van der Waals surface area contributed by atoms with Crippen molar-refractivity contribution in [2.75, 3.05) is 26.2 Å². The second kappa shape index (κ2) is 8.08. The van der Waals surface area contributed by atoms with E-state index in [2.05, 4.69) is 44.1 Å². The fourth-order valence-corrected chi connectivity index (χ4v) is 4.00. The number of carbonyl (C=O) groups excluding carboxylic acids is 1. The quantitative estimate of drug-likeness (QED) is 0.572. The number of rotatable bonds is 4. The summed E-state index contributed by atoms with van der Waals surface area (Å²) in [5, 5.41) is 2.35. The molecule has 1 N–H and O–H groups in total. The SMILES string of the molecule is O=C(c1ccc[nH]1)N1CCN(Cc2cnc(-c3cccc4ccccc34)nc2)CC1. The summed E-state index contributed by atoms with van der Waals surface area (Å²) in [6.45, 7) is 3.94. The lowest BCUT2D eigenvalue weighted by Crippen LogP contribution is -2.48. The lowest BCUT2D eigenvalue weighted by atomic mass is 10.0. The second-order valence-corrected chi connectivity index (χ2v) is 7.59. The highest BCUT2D eigenvalue weighted by atomic mass is 16.2. The van der Waals surface area contributed by atoms with Gasteiger partial charge >= 0.3 is 0 Å². The standard InChI is InChI=1S/C24H23N5O/c30-24(22-9-4-10-25-22)29-13-11-28(12-14-29)17-18-15-26-23(27-16-18)21-8-3-6-19-5-1-2-7-20(19)21/h1-10,15-16,25H,11-14,17H2. The predicted octanol–water partition coefficient (Wildman–Crippen LogP) is 3.58. The molecular formula is C24H23N5O. The maximum Gasteiger partial charge on any atom is 0.270 e. The first-order valence-corrected chi connectivity index (χ1v) is 10.2. The maximum absolute atomic E-state index is 12.4. The van der Waals surface area contributed by atoms with Crippen molar-refractivity contribution in [1.29, 1.82) is 0 Å². The van der Waals surface area contributed by atoms with Crippen molar-refractivity contribution in [2.24, 2.45) is 0 Å². The number of hydrogen-bond donors (Lipinski definition) is 1. The van der Waals surface area contributed by atoms with E-state index in [0.717, 1.165) is 55.1 Å². The molecule has 30 heavy (non-hydrogen) atoms. The van der Waals surface area contributed by atoms with Crippen LogP contribution in [-0.4, -0.2) is 56.8 Å². The Hall–Kier alpha value is -3.51. The largest absolute Gasteiger partial charge is 0.357 e. The molecule has 6 nitrogen and oxygen atoms in total. The van der Waals surface area contributed by atoms with Gasteiger partial charge in [-0.15, -0.1) is 0 Å². The Labute approximate surface area is 175 Å². The number of piperazine rings is 1. The van der Waals surface area contributed by atoms with E-state index in [-0.39, 0.29) is 5.91 Å². The van der Waals surface area contributed by atoms with E-state index in [1.807, 2.05) is 47.6 Å². The normalized spacial score (nSPS) is 14.9. The third kappa shape index (κ3) is 3.69. The molecule has 1 fully saturated rings. The first kappa shape index (κ1) is 18.5. The number of fused-ring (bicyclic) bond motifs is 1. The highest BCUT2D eigenvalue weighted by Crippen LogP contribution is 2.25. The maximum atomic E-state index is 12.4. The highest BCUT2D eigenvalue weighted by molar-refractivity contribution is 5.95. The van der Waals surface area contributed by atoms with Crippen molar-refractivity contribution in [3.63, 3.8) is 0 Å². The summed E-state index contributed by atoms with van der Waals surface area (Å²) in [5.41, 5.74) is 2.79. The Kier molecular flexibility index (Phi) is 4.99. The van der Waals surface area contributed by atoms with Crippen molar-refractivity contribution in [2.45, 2.75) is 6.54 Å². The summed E-state index contributed by atoms with van der Waals surface area (Å²) in [5.74, 6) is 0.819. The average molecular weight is 397 g/mol. The lowest BCUT2D eigenvalue weighted by Gasteiger charge is -2.34. The van der Waals surface area contributed by atoms with E-state index in [4.69, 9.17) is 0 Å². The van der Waals surface area contributed by atoms with Crippen molar-refractivity contribution < 1.29 is 4.79 Å². The summed E-state index contributed by atoms with van der Waals surface area (Å²) >= 11 is 0. The predicted molar refractivity (Wildman–Crippen MR) is 117 cm³/mol. The lowest BCUT2D eigenvalue weighted by molar-refractivity contribution is 0.0623. The summed E-state index contributed by atoms with van der Waals surface area (Å²) in [6, 6.07) is 18.2. The first-order valence-electron chi connectivity index (χ1n) is 10.2. The minimum atomic E-state index is 0.0717. The summed E-state index contributed by atoms with van der Waals surface area (Å²) in [7, 11) is 0. The van der Waals surface area contributed by atoms with Crippen LogP contribution in [-0.2, 0) is 6.54 Å². The minimum Gasteiger partial charge on any atom is -0.357 e. The smallest absolute Gasteiger partial charge is 0.270 e. The fraction of sp³-hybridized carbons (Fsp3) is 0.208. The Morgan fingerprint density at radius 3 is 2.43 bits per heavy atom. The minimum absolute atomic E-state index is 0.0717. The number of amides is 1. The zero-order chi connectivity index (χ0) is 20.3. The van der Waals surface area contributed by atoms with Crippen LogP contribution in [0.15, 0.2) is 73.2 Å². The number of benzene rings is 2. The number of nitrogens with zero attached hydrogens (tertiary/aromatic N) is 4. The van der Waals surface area contributed by atoms with Crippen LogP contribution < -0.4 is 0 Å². The van der Waals surface area contributed by atoms with Gasteiger partial charge in [0.2, 0.25) is 0 Å². The Morgan fingerprint density at radius 1 is 0.900 bits per heavy atom. The van der Waals surface area contributed by atoms with Crippen LogP contribution in [0, 0.1) is 0 Å². The van der Waals surface area contributed by atoms with E-state index in [0.29, 0.717) is 5.69 Å². The summed E-state index contributed by atoms with van der Waals surface area (Å²) in [6.07, 6.45) is 5.62. The molecule has 0 saturated carbocycles. The van der Waals surface area contributed by atoms with Crippen LogP contribution >= 0.6 is 0 Å². The van der Waals surface area contributed by atoms with Gasteiger partial charge in [0.25, 0.3) is 5.91 Å². The van der Waals surface area contributed by atoms with Crippen molar-refractivity contribution in [1.82, 2.24) is 24.8 Å². The molecule has 1 aliphatic rings.